The summed E-state index contributed by atoms with van der Waals surface area (Å²) in [4.78, 5) is 14.5. The first-order valence-corrected chi connectivity index (χ1v) is 8.09. The molecule has 0 atom stereocenters. The van der Waals surface area contributed by atoms with Crippen molar-refractivity contribution in [1.82, 2.24) is 4.90 Å². The van der Waals surface area contributed by atoms with E-state index in [1.54, 1.807) is 0 Å². The van der Waals surface area contributed by atoms with Crippen LogP contribution in [0.3, 0.4) is 0 Å². The van der Waals surface area contributed by atoms with Gasteiger partial charge in [0.2, 0.25) is 7.28 Å². The SMILES string of the molecule is CCBC(=O)C1(CN(/C(N)=C(\N)C=N)C2CCCC2)CC1. The second kappa shape index (κ2) is 6.54. The summed E-state index contributed by atoms with van der Waals surface area (Å²) in [6.07, 6.45) is 8.54. The number of carbonyl (C=O) groups is 1. The fourth-order valence-corrected chi connectivity index (χ4v) is 3.36. The third kappa shape index (κ3) is 3.42. The molecular formula is C15H27BN4O. The molecular weight excluding hydrogens is 263 g/mol. The Balaban J connectivity index is 2.17. The first kappa shape index (κ1) is 15.9. The second-order valence-corrected chi connectivity index (χ2v) is 6.50. The Morgan fingerprint density at radius 2 is 2.00 bits per heavy atom. The van der Waals surface area contributed by atoms with Crippen molar-refractivity contribution in [2.45, 2.75) is 57.8 Å². The summed E-state index contributed by atoms with van der Waals surface area (Å²) < 4.78 is 0. The second-order valence-electron chi connectivity index (χ2n) is 6.50. The normalized spacial score (nSPS) is 21.6. The van der Waals surface area contributed by atoms with Gasteiger partial charge in [-0.3, -0.25) is 0 Å². The summed E-state index contributed by atoms with van der Waals surface area (Å²) in [6, 6.07) is 0.371. The molecule has 2 aliphatic carbocycles. The van der Waals surface area contributed by atoms with Crippen molar-refractivity contribution in [1.29, 1.82) is 5.41 Å². The van der Waals surface area contributed by atoms with Gasteiger partial charge in [-0.25, -0.2) is 0 Å². The Kier molecular flexibility index (Phi) is 4.96. The molecule has 21 heavy (non-hydrogen) atoms. The predicted octanol–water partition coefficient (Wildman–Crippen LogP) is 1.15. The molecule has 0 aliphatic heterocycles. The van der Waals surface area contributed by atoms with Crippen LogP contribution >= 0.6 is 0 Å². The van der Waals surface area contributed by atoms with E-state index in [9.17, 15) is 4.79 Å². The minimum Gasteiger partial charge on any atom is -0.395 e. The van der Waals surface area contributed by atoms with Gasteiger partial charge in [0, 0.05) is 24.2 Å². The standard InChI is InChI=1S/C15H27BN4O/c1-2-16-14(21)15(7-8-15)10-20(11-5-3-4-6-11)13(19)12(18)9-17/h9,11,16-17H,2-8,10,18-19H2,1H3/b13-12-,17-9?. The summed E-state index contributed by atoms with van der Waals surface area (Å²) in [7, 11) is 0.655. The van der Waals surface area contributed by atoms with E-state index in [-0.39, 0.29) is 5.41 Å². The summed E-state index contributed by atoms with van der Waals surface area (Å²) in [5.74, 6) is 0.479. The summed E-state index contributed by atoms with van der Waals surface area (Å²) in [6.45, 7) is 2.72. The number of nitrogens with one attached hydrogen (secondary N) is 1. The minimum atomic E-state index is -0.203. The van der Waals surface area contributed by atoms with Gasteiger partial charge in [-0.2, -0.15) is 0 Å². The van der Waals surface area contributed by atoms with E-state index in [2.05, 4.69) is 4.90 Å². The zero-order chi connectivity index (χ0) is 15.5. The maximum absolute atomic E-state index is 12.4. The van der Waals surface area contributed by atoms with E-state index < -0.39 is 0 Å². The van der Waals surface area contributed by atoms with Crippen molar-refractivity contribution in [3.8, 4) is 0 Å². The van der Waals surface area contributed by atoms with E-state index in [0.29, 0.717) is 37.1 Å². The molecule has 0 radical (unpaired) electrons. The average molecular weight is 290 g/mol. The monoisotopic (exact) mass is 290 g/mol. The van der Waals surface area contributed by atoms with Crippen LogP contribution in [0.4, 0.5) is 0 Å². The fourth-order valence-electron chi connectivity index (χ4n) is 3.36. The lowest BCUT2D eigenvalue weighted by molar-refractivity contribution is -0.117. The van der Waals surface area contributed by atoms with Gasteiger partial charge in [0.05, 0.1) is 11.4 Å². The molecule has 2 rings (SSSR count). The molecule has 0 aromatic rings. The number of nitrogens with two attached hydrogens (primary N) is 2. The highest BCUT2D eigenvalue weighted by Crippen LogP contribution is 2.48. The highest BCUT2D eigenvalue weighted by Gasteiger charge is 2.50. The van der Waals surface area contributed by atoms with Crippen molar-refractivity contribution >= 4 is 19.2 Å². The third-order valence-electron chi connectivity index (χ3n) is 4.92. The Hall–Kier alpha value is -1.46. The van der Waals surface area contributed by atoms with Gasteiger partial charge in [0.15, 0.2) is 0 Å². The molecule has 2 aliphatic rings. The maximum atomic E-state index is 12.4. The molecule has 0 aromatic heterocycles. The van der Waals surface area contributed by atoms with Gasteiger partial charge < -0.3 is 26.6 Å². The molecule has 0 unspecified atom stereocenters. The fraction of sp³-hybridized carbons (Fsp3) is 0.733. The molecule has 2 saturated carbocycles. The molecule has 0 saturated heterocycles. The molecule has 2 fully saturated rings. The van der Waals surface area contributed by atoms with Crippen molar-refractivity contribution < 1.29 is 4.79 Å². The predicted molar refractivity (Wildman–Crippen MR) is 87.5 cm³/mol. The highest BCUT2D eigenvalue weighted by atomic mass is 16.1. The van der Waals surface area contributed by atoms with Crippen molar-refractivity contribution in [3.05, 3.63) is 11.5 Å². The zero-order valence-electron chi connectivity index (χ0n) is 13.0. The number of allylic oxidation sites excluding steroid dienone is 1. The van der Waals surface area contributed by atoms with Gasteiger partial charge in [-0.1, -0.05) is 26.1 Å². The van der Waals surface area contributed by atoms with Gasteiger partial charge in [-0.15, -0.1) is 0 Å². The first-order valence-electron chi connectivity index (χ1n) is 8.09. The first-order chi connectivity index (χ1) is 10.0. The summed E-state index contributed by atoms with van der Waals surface area (Å²) in [5, 5.41) is 7.32. The zero-order valence-corrected chi connectivity index (χ0v) is 13.0. The lowest BCUT2D eigenvalue weighted by Gasteiger charge is -2.34. The minimum absolute atomic E-state index is 0.203. The van der Waals surface area contributed by atoms with Crippen LogP contribution in [0, 0.1) is 10.8 Å². The van der Waals surface area contributed by atoms with Gasteiger partial charge in [0.25, 0.3) is 0 Å². The van der Waals surface area contributed by atoms with E-state index in [0.717, 1.165) is 38.2 Å². The van der Waals surface area contributed by atoms with E-state index in [4.69, 9.17) is 16.9 Å². The Bertz CT molecular complexity index is 439. The number of rotatable bonds is 8. The molecule has 0 bridgehead atoms. The molecule has 5 nitrogen and oxygen atoms in total. The molecule has 0 amide bonds. The highest BCUT2D eigenvalue weighted by molar-refractivity contribution is 6.75. The smallest absolute Gasteiger partial charge is 0.205 e. The van der Waals surface area contributed by atoms with Gasteiger partial charge in [0.1, 0.15) is 5.82 Å². The van der Waals surface area contributed by atoms with Gasteiger partial charge >= 0.3 is 0 Å². The number of nitrogens with zero attached hydrogens (tertiary/aromatic N) is 1. The summed E-state index contributed by atoms with van der Waals surface area (Å²) >= 11 is 0. The van der Waals surface area contributed by atoms with Crippen LogP contribution < -0.4 is 11.5 Å². The molecule has 6 heteroatoms. The van der Waals surface area contributed by atoms with Crippen molar-refractivity contribution in [2.75, 3.05) is 6.54 Å². The Morgan fingerprint density at radius 3 is 2.48 bits per heavy atom. The third-order valence-corrected chi connectivity index (χ3v) is 4.92. The molecule has 0 heterocycles. The summed E-state index contributed by atoms with van der Waals surface area (Å²) in [5.41, 5.74) is 12.5. The quantitative estimate of drug-likeness (QED) is 0.461. The van der Waals surface area contributed by atoms with E-state index >= 15 is 0 Å². The molecule has 5 N–H and O–H groups in total. The maximum Gasteiger partial charge on any atom is 0.205 e. The van der Waals surface area contributed by atoms with Gasteiger partial charge in [-0.05, 0) is 25.7 Å². The number of carbonyl (C=O) groups excluding carboxylic acids is 1. The van der Waals surface area contributed by atoms with Crippen molar-refractivity contribution in [3.63, 3.8) is 0 Å². The van der Waals surface area contributed by atoms with E-state index in [1.807, 2.05) is 6.92 Å². The molecule has 0 aromatic carbocycles. The van der Waals surface area contributed by atoms with Crippen LogP contribution in [0.1, 0.15) is 45.4 Å². The van der Waals surface area contributed by atoms with Crippen LogP contribution in [0.15, 0.2) is 11.5 Å². The number of hydrogen-bond donors (Lipinski definition) is 3. The Labute approximate surface area is 127 Å². The van der Waals surface area contributed by atoms with Crippen LogP contribution in [-0.4, -0.2) is 36.7 Å². The largest absolute Gasteiger partial charge is 0.395 e. The topological polar surface area (TPSA) is 96.2 Å². The van der Waals surface area contributed by atoms with Crippen LogP contribution in [0.25, 0.3) is 0 Å². The molecule has 116 valence electrons. The molecule has 0 spiro atoms. The lowest BCUT2D eigenvalue weighted by Crippen LogP contribution is -2.44. The average Bonchev–Trinajstić information content (AvgIpc) is 3.08. The van der Waals surface area contributed by atoms with Crippen LogP contribution in [0.5, 0.6) is 0 Å². The van der Waals surface area contributed by atoms with Crippen LogP contribution in [0.2, 0.25) is 6.32 Å². The van der Waals surface area contributed by atoms with E-state index in [1.165, 1.54) is 12.8 Å². The van der Waals surface area contributed by atoms with Crippen molar-refractivity contribution in [2.24, 2.45) is 16.9 Å². The Morgan fingerprint density at radius 1 is 1.38 bits per heavy atom. The lowest BCUT2D eigenvalue weighted by atomic mass is 9.64. The number of hydrogen-bond acceptors (Lipinski definition) is 5. The van der Waals surface area contributed by atoms with Crippen LogP contribution in [-0.2, 0) is 4.79 Å².